The monoisotopic (exact) mass is 497 g/mol. The van der Waals surface area contributed by atoms with Crippen LogP contribution in [0.5, 0.6) is 11.5 Å². The molecule has 2 unspecified atom stereocenters. The molecule has 5 nitrogen and oxygen atoms in total. The number of hydrogen-bond donors (Lipinski definition) is 1. The van der Waals surface area contributed by atoms with E-state index in [1.54, 1.807) is 13.1 Å². The molecule has 0 saturated heterocycles. The van der Waals surface area contributed by atoms with Crippen molar-refractivity contribution in [3.8, 4) is 11.5 Å². The van der Waals surface area contributed by atoms with E-state index in [4.69, 9.17) is 9.47 Å². The number of benzene rings is 2. The molecule has 0 amide bonds. The Kier molecular flexibility index (Phi) is 6.64. The van der Waals surface area contributed by atoms with Gasteiger partial charge in [-0.15, -0.1) is 24.0 Å². The maximum Gasteiger partial charge on any atom is 0.193 e. The van der Waals surface area contributed by atoms with Crippen molar-refractivity contribution in [3.05, 3.63) is 59.4 Å². The van der Waals surface area contributed by atoms with Gasteiger partial charge in [0.25, 0.3) is 0 Å². The minimum Gasteiger partial charge on any atom is -0.486 e. The SMILES string of the molecule is CN=C(NC1CC1c1ccccc1F)N(C)Cc1ccc2c(c1)OCCO2.I. The molecule has 1 heterocycles. The number of guanidine groups is 1. The maximum atomic E-state index is 14.0. The molecule has 2 aromatic rings. The zero-order valence-electron chi connectivity index (χ0n) is 16.0. The molecule has 0 aromatic heterocycles. The first-order chi connectivity index (χ1) is 13.2. The summed E-state index contributed by atoms with van der Waals surface area (Å²) in [5, 5.41) is 3.45. The maximum absolute atomic E-state index is 14.0. The minimum atomic E-state index is -0.133. The molecule has 0 radical (unpaired) electrons. The van der Waals surface area contributed by atoms with Gasteiger partial charge in [0.15, 0.2) is 17.5 Å². The molecule has 2 aromatic carbocycles. The Labute approximate surface area is 182 Å². The van der Waals surface area contributed by atoms with Crippen molar-refractivity contribution >= 4 is 29.9 Å². The first-order valence-corrected chi connectivity index (χ1v) is 9.23. The average Bonchev–Trinajstić information content (AvgIpc) is 3.45. The number of aliphatic imine (C=N–C) groups is 1. The van der Waals surface area contributed by atoms with Gasteiger partial charge in [-0.1, -0.05) is 24.3 Å². The van der Waals surface area contributed by atoms with E-state index >= 15 is 0 Å². The van der Waals surface area contributed by atoms with E-state index in [0.717, 1.165) is 35.0 Å². The van der Waals surface area contributed by atoms with E-state index in [9.17, 15) is 4.39 Å². The molecule has 1 aliphatic heterocycles. The van der Waals surface area contributed by atoms with Crippen LogP contribution in [0.3, 0.4) is 0 Å². The van der Waals surface area contributed by atoms with E-state index < -0.39 is 0 Å². The number of halogens is 2. The first kappa shape index (κ1) is 20.7. The number of ether oxygens (including phenoxy) is 2. The van der Waals surface area contributed by atoms with Crippen LogP contribution in [-0.2, 0) is 6.54 Å². The predicted octanol–water partition coefficient (Wildman–Crippen LogP) is 3.78. The summed E-state index contributed by atoms with van der Waals surface area (Å²) in [6, 6.07) is 13.2. The van der Waals surface area contributed by atoms with Crippen LogP contribution in [0.1, 0.15) is 23.5 Å². The fourth-order valence-electron chi connectivity index (χ4n) is 3.52. The Morgan fingerprint density at radius 2 is 1.93 bits per heavy atom. The quantitative estimate of drug-likeness (QED) is 0.397. The second kappa shape index (κ2) is 8.98. The Morgan fingerprint density at radius 3 is 2.68 bits per heavy atom. The molecule has 1 aliphatic carbocycles. The van der Waals surface area contributed by atoms with Crippen LogP contribution in [0.15, 0.2) is 47.5 Å². The lowest BCUT2D eigenvalue weighted by Gasteiger charge is -2.24. The smallest absolute Gasteiger partial charge is 0.193 e. The summed E-state index contributed by atoms with van der Waals surface area (Å²) in [4.78, 5) is 6.44. The van der Waals surface area contributed by atoms with Gasteiger partial charge in [-0.05, 0) is 35.7 Å². The van der Waals surface area contributed by atoms with Gasteiger partial charge in [0.1, 0.15) is 19.0 Å². The molecule has 2 aliphatic rings. The van der Waals surface area contributed by atoms with Gasteiger partial charge >= 0.3 is 0 Å². The predicted molar refractivity (Wildman–Crippen MR) is 118 cm³/mol. The zero-order chi connectivity index (χ0) is 18.8. The van der Waals surface area contributed by atoms with E-state index in [0.29, 0.717) is 19.8 Å². The summed E-state index contributed by atoms with van der Waals surface area (Å²) in [6.07, 6.45) is 0.915. The molecule has 2 atom stereocenters. The summed E-state index contributed by atoms with van der Waals surface area (Å²) in [7, 11) is 3.76. The summed E-state index contributed by atoms with van der Waals surface area (Å²) in [5.74, 6) is 2.45. The second-order valence-electron chi connectivity index (χ2n) is 7.00. The van der Waals surface area contributed by atoms with Gasteiger partial charge in [-0.2, -0.15) is 0 Å². The standard InChI is InChI=1S/C21H24FN3O2.HI/c1-23-21(24-18-12-16(18)15-5-3-4-6-17(15)22)25(2)13-14-7-8-19-20(11-14)27-10-9-26-19;/h3-8,11,16,18H,9-10,12-13H2,1-2H3,(H,23,24);1H. The van der Waals surface area contributed by atoms with Gasteiger partial charge in [-0.25, -0.2) is 4.39 Å². The number of nitrogens with one attached hydrogen (secondary N) is 1. The molecule has 0 bridgehead atoms. The highest BCUT2D eigenvalue weighted by atomic mass is 127. The van der Waals surface area contributed by atoms with Crippen LogP contribution >= 0.6 is 24.0 Å². The van der Waals surface area contributed by atoms with Crippen LogP contribution in [-0.4, -0.2) is 44.2 Å². The van der Waals surface area contributed by atoms with Crippen molar-refractivity contribution in [1.29, 1.82) is 0 Å². The van der Waals surface area contributed by atoms with Crippen LogP contribution in [0, 0.1) is 5.82 Å². The lowest BCUT2D eigenvalue weighted by molar-refractivity contribution is 0.171. The summed E-state index contributed by atoms with van der Waals surface area (Å²) < 4.78 is 25.2. The largest absolute Gasteiger partial charge is 0.486 e. The van der Waals surface area contributed by atoms with Crippen molar-refractivity contribution in [2.75, 3.05) is 27.3 Å². The summed E-state index contributed by atoms with van der Waals surface area (Å²) in [5.41, 5.74) is 1.89. The molecular weight excluding hydrogens is 472 g/mol. The Morgan fingerprint density at radius 1 is 1.18 bits per heavy atom. The zero-order valence-corrected chi connectivity index (χ0v) is 18.4. The molecule has 4 rings (SSSR count). The summed E-state index contributed by atoms with van der Waals surface area (Å²) >= 11 is 0. The van der Waals surface area contributed by atoms with Gasteiger partial charge in [0, 0.05) is 32.6 Å². The van der Waals surface area contributed by atoms with Crippen LogP contribution < -0.4 is 14.8 Å². The average molecular weight is 497 g/mol. The van der Waals surface area contributed by atoms with Gasteiger partial charge in [0.2, 0.25) is 0 Å². The van der Waals surface area contributed by atoms with Gasteiger partial charge in [-0.3, -0.25) is 4.99 Å². The number of fused-ring (bicyclic) bond motifs is 1. The Hall–Kier alpha value is -2.03. The lowest BCUT2D eigenvalue weighted by Crippen LogP contribution is -2.40. The third kappa shape index (κ3) is 4.51. The van der Waals surface area contributed by atoms with E-state index in [1.807, 2.05) is 37.4 Å². The Balaban J connectivity index is 0.00000225. The minimum absolute atomic E-state index is 0. The molecular formula is C21H25FIN3O2. The molecule has 1 N–H and O–H groups in total. The highest BCUT2D eigenvalue weighted by Gasteiger charge is 2.40. The molecule has 1 fully saturated rings. The van der Waals surface area contributed by atoms with E-state index in [1.165, 1.54) is 6.07 Å². The molecule has 7 heteroatoms. The van der Waals surface area contributed by atoms with E-state index in [2.05, 4.69) is 15.2 Å². The number of rotatable bonds is 4. The third-order valence-electron chi connectivity index (χ3n) is 5.01. The third-order valence-corrected chi connectivity index (χ3v) is 5.01. The van der Waals surface area contributed by atoms with Crippen molar-refractivity contribution in [2.45, 2.75) is 24.9 Å². The van der Waals surface area contributed by atoms with Gasteiger partial charge < -0.3 is 19.7 Å². The number of nitrogens with zero attached hydrogens (tertiary/aromatic N) is 2. The van der Waals surface area contributed by atoms with E-state index in [-0.39, 0.29) is 41.8 Å². The molecule has 150 valence electrons. The molecule has 28 heavy (non-hydrogen) atoms. The fourth-order valence-corrected chi connectivity index (χ4v) is 3.52. The topological polar surface area (TPSA) is 46.1 Å². The van der Waals surface area contributed by atoms with Crippen molar-refractivity contribution < 1.29 is 13.9 Å². The Bertz CT molecular complexity index is 861. The first-order valence-electron chi connectivity index (χ1n) is 9.23. The summed E-state index contributed by atoms with van der Waals surface area (Å²) in [6.45, 7) is 1.86. The van der Waals surface area contributed by atoms with Crippen LogP contribution in [0.4, 0.5) is 4.39 Å². The highest BCUT2D eigenvalue weighted by Crippen LogP contribution is 2.42. The highest BCUT2D eigenvalue weighted by molar-refractivity contribution is 14.0. The van der Waals surface area contributed by atoms with Crippen LogP contribution in [0.25, 0.3) is 0 Å². The molecule has 0 spiro atoms. The normalized spacial score (nSPS) is 20.2. The van der Waals surface area contributed by atoms with Crippen LogP contribution in [0.2, 0.25) is 0 Å². The molecule has 1 saturated carbocycles. The van der Waals surface area contributed by atoms with Gasteiger partial charge in [0.05, 0.1) is 0 Å². The second-order valence-corrected chi connectivity index (χ2v) is 7.00. The van der Waals surface area contributed by atoms with Crippen molar-refractivity contribution in [1.82, 2.24) is 10.2 Å². The lowest BCUT2D eigenvalue weighted by atomic mass is 10.1. The fraction of sp³-hybridized carbons (Fsp3) is 0.381. The van der Waals surface area contributed by atoms with Crippen molar-refractivity contribution in [2.24, 2.45) is 4.99 Å². The number of hydrogen-bond acceptors (Lipinski definition) is 3. The van der Waals surface area contributed by atoms with Crippen molar-refractivity contribution in [3.63, 3.8) is 0 Å².